The molecule has 0 radical (unpaired) electrons. The van der Waals surface area contributed by atoms with Gasteiger partial charge in [0, 0.05) is 0 Å². The maximum Gasteiger partial charge on any atom is 0.330 e. The molecule has 0 rings (SSSR count). The van der Waals surface area contributed by atoms with Gasteiger partial charge in [-0.1, -0.05) is 40.5 Å². The first-order valence-corrected chi connectivity index (χ1v) is 10.3. The first-order valence-electron chi connectivity index (χ1n) is 7.03. The van der Waals surface area contributed by atoms with E-state index in [1.165, 1.54) is 0 Å². The Kier molecular flexibility index (Phi) is 9.48. The van der Waals surface area contributed by atoms with E-state index in [2.05, 4.69) is 0 Å². The summed E-state index contributed by atoms with van der Waals surface area (Å²) in [7, 11) is -6.91. The molecule has 0 bridgehead atoms. The minimum Gasteiger partial charge on any atom is -0.324 e. The fourth-order valence-corrected chi connectivity index (χ4v) is 2.62. The Labute approximate surface area is 121 Å². The van der Waals surface area contributed by atoms with Gasteiger partial charge in [-0.25, -0.2) is 0 Å². The Morgan fingerprint density at radius 2 is 1.05 bits per heavy atom. The van der Waals surface area contributed by atoms with Crippen molar-refractivity contribution in [3.63, 3.8) is 0 Å². The van der Waals surface area contributed by atoms with Crippen LogP contribution in [0.4, 0.5) is 0 Å². The van der Waals surface area contributed by atoms with E-state index >= 15 is 0 Å². The summed E-state index contributed by atoms with van der Waals surface area (Å²) >= 11 is 0. The summed E-state index contributed by atoms with van der Waals surface area (Å²) < 4.78 is 32.9. The lowest BCUT2D eigenvalue weighted by Gasteiger charge is -2.16. The van der Waals surface area contributed by atoms with Gasteiger partial charge in [-0.3, -0.25) is 9.13 Å². The first kappa shape index (κ1) is 20.3. The summed E-state index contributed by atoms with van der Waals surface area (Å²) in [5.74, 6) is 0. The smallest absolute Gasteiger partial charge is 0.324 e. The highest BCUT2D eigenvalue weighted by Crippen LogP contribution is 2.47. The van der Waals surface area contributed by atoms with Crippen LogP contribution >= 0.6 is 15.2 Å². The lowest BCUT2D eigenvalue weighted by atomic mass is 10.2. The van der Waals surface area contributed by atoms with Crippen LogP contribution in [0.3, 0.4) is 0 Å². The van der Waals surface area contributed by atoms with Gasteiger partial charge in [0.2, 0.25) is 0 Å². The second-order valence-corrected chi connectivity index (χ2v) is 10.2. The highest BCUT2D eigenvalue weighted by molar-refractivity contribution is 7.53. The van der Waals surface area contributed by atoms with Crippen molar-refractivity contribution in [3.8, 4) is 0 Å². The molecule has 8 heteroatoms. The zero-order valence-corrected chi connectivity index (χ0v) is 14.6. The average molecular weight is 330 g/mol. The summed E-state index contributed by atoms with van der Waals surface area (Å²) in [4.78, 5) is 18.9. The van der Waals surface area contributed by atoms with Crippen molar-refractivity contribution in [1.29, 1.82) is 0 Å². The minimum absolute atomic E-state index is 0.261. The molecule has 0 aliphatic heterocycles. The Balaban J connectivity index is 3.56. The van der Waals surface area contributed by atoms with E-state index in [4.69, 9.17) is 9.05 Å². The highest BCUT2D eigenvalue weighted by atomic mass is 31.2. The van der Waals surface area contributed by atoms with E-state index in [0.29, 0.717) is 12.8 Å². The van der Waals surface area contributed by atoms with Crippen LogP contribution in [0.15, 0.2) is 0 Å². The Morgan fingerprint density at radius 1 is 0.750 bits per heavy atom. The van der Waals surface area contributed by atoms with Crippen LogP contribution in [-0.2, 0) is 18.2 Å². The molecule has 0 saturated carbocycles. The number of hydrogen-bond donors (Lipinski definition) is 2. The third kappa shape index (κ3) is 8.56. The Morgan fingerprint density at radius 3 is 1.30 bits per heavy atom. The summed E-state index contributed by atoms with van der Waals surface area (Å²) in [5, 5.41) is 0. The van der Waals surface area contributed by atoms with Gasteiger partial charge >= 0.3 is 15.2 Å². The summed E-state index contributed by atoms with van der Waals surface area (Å²) in [6, 6.07) is 0. The van der Waals surface area contributed by atoms with Gasteiger partial charge in [-0.15, -0.1) is 0 Å². The molecule has 2 N–H and O–H groups in total. The summed E-state index contributed by atoms with van der Waals surface area (Å²) in [5.41, 5.74) is -0.767. The van der Waals surface area contributed by atoms with E-state index in [-0.39, 0.29) is 24.5 Å². The minimum atomic E-state index is -3.45. The van der Waals surface area contributed by atoms with Gasteiger partial charge in [0.25, 0.3) is 0 Å². The Bertz CT molecular complexity index is 322. The van der Waals surface area contributed by atoms with Crippen molar-refractivity contribution < 1.29 is 28.0 Å². The monoisotopic (exact) mass is 330 g/mol. The van der Waals surface area contributed by atoms with Crippen molar-refractivity contribution in [3.05, 3.63) is 0 Å². The second-order valence-electron chi connectivity index (χ2n) is 5.40. The SMILES string of the molecule is CC(C)P(=O)(O)OCCCCCCOP(=O)(O)C(C)C. The van der Waals surface area contributed by atoms with E-state index in [1.54, 1.807) is 27.7 Å². The lowest BCUT2D eigenvalue weighted by Crippen LogP contribution is -2.03. The number of hydrogen-bond acceptors (Lipinski definition) is 4. The molecular weight excluding hydrogens is 302 g/mol. The Hall–Kier alpha value is 0.300. The van der Waals surface area contributed by atoms with E-state index < -0.39 is 15.2 Å². The zero-order valence-electron chi connectivity index (χ0n) is 12.8. The topological polar surface area (TPSA) is 93.1 Å². The molecule has 0 amide bonds. The predicted octanol–water partition coefficient (Wildman–Crippen LogP) is 3.77. The predicted molar refractivity (Wildman–Crippen MR) is 80.3 cm³/mol. The average Bonchev–Trinajstić information content (AvgIpc) is 2.31. The van der Waals surface area contributed by atoms with Gasteiger partial charge in [-0.2, -0.15) is 0 Å². The maximum atomic E-state index is 11.5. The van der Waals surface area contributed by atoms with Crippen molar-refractivity contribution in [1.82, 2.24) is 0 Å². The normalized spacial score (nSPS) is 18.2. The molecule has 0 saturated heterocycles. The molecule has 6 nitrogen and oxygen atoms in total. The quantitative estimate of drug-likeness (QED) is 0.442. The van der Waals surface area contributed by atoms with Gasteiger partial charge in [0.1, 0.15) is 0 Å². The summed E-state index contributed by atoms with van der Waals surface area (Å²) in [6.07, 6.45) is 3.05. The van der Waals surface area contributed by atoms with Crippen LogP contribution in [-0.4, -0.2) is 34.3 Å². The fourth-order valence-electron chi connectivity index (χ4n) is 1.25. The van der Waals surface area contributed by atoms with Gasteiger partial charge in [0.05, 0.1) is 24.5 Å². The van der Waals surface area contributed by atoms with Crippen LogP contribution in [0.25, 0.3) is 0 Å². The molecule has 0 aromatic rings. The molecule has 2 atom stereocenters. The third-order valence-corrected chi connectivity index (χ3v) is 6.61. The molecule has 0 heterocycles. The van der Waals surface area contributed by atoms with E-state index in [1.807, 2.05) is 0 Å². The molecule has 2 unspecified atom stereocenters. The molecule has 20 heavy (non-hydrogen) atoms. The van der Waals surface area contributed by atoms with Crippen molar-refractivity contribution in [2.24, 2.45) is 0 Å². The van der Waals surface area contributed by atoms with Crippen molar-refractivity contribution >= 4 is 15.2 Å². The standard InChI is InChI=1S/C12H28O6P2/c1-11(2)19(13,14)17-9-7-5-6-8-10-18-20(15,16)12(3)4/h11-12H,5-10H2,1-4H3,(H,13,14)(H,15,16). The third-order valence-electron chi connectivity index (χ3n) is 2.90. The molecule has 0 aromatic heterocycles. The van der Waals surface area contributed by atoms with Crippen LogP contribution in [0, 0.1) is 0 Å². The maximum absolute atomic E-state index is 11.5. The number of unbranched alkanes of at least 4 members (excludes halogenated alkanes) is 3. The lowest BCUT2D eigenvalue weighted by molar-refractivity contribution is 0.236. The number of rotatable bonds is 11. The van der Waals surface area contributed by atoms with Gasteiger partial charge in [0.15, 0.2) is 0 Å². The molecule has 0 fully saturated rings. The van der Waals surface area contributed by atoms with Gasteiger partial charge in [-0.05, 0) is 12.8 Å². The van der Waals surface area contributed by atoms with Crippen LogP contribution < -0.4 is 0 Å². The summed E-state index contributed by atoms with van der Waals surface area (Å²) in [6.45, 7) is 7.13. The first-order chi connectivity index (χ1) is 9.09. The van der Waals surface area contributed by atoms with E-state index in [9.17, 15) is 18.9 Å². The molecule has 0 spiro atoms. The molecule has 0 aliphatic rings. The van der Waals surface area contributed by atoms with Crippen LogP contribution in [0.2, 0.25) is 0 Å². The van der Waals surface area contributed by atoms with Crippen molar-refractivity contribution in [2.45, 2.75) is 64.7 Å². The second kappa shape index (κ2) is 9.34. The molecular formula is C12H28O6P2. The fraction of sp³-hybridized carbons (Fsp3) is 1.00. The molecule has 0 aliphatic carbocycles. The van der Waals surface area contributed by atoms with E-state index in [0.717, 1.165) is 12.8 Å². The van der Waals surface area contributed by atoms with Crippen LogP contribution in [0.5, 0.6) is 0 Å². The largest absolute Gasteiger partial charge is 0.330 e. The zero-order chi connectivity index (χ0) is 15.8. The molecule has 122 valence electrons. The van der Waals surface area contributed by atoms with Crippen molar-refractivity contribution in [2.75, 3.05) is 13.2 Å². The van der Waals surface area contributed by atoms with Crippen LogP contribution in [0.1, 0.15) is 53.4 Å². The van der Waals surface area contributed by atoms with Gasteiger partial charge < -0.3 is 18.8 Å². The highest BCUT2D eigenvalue weighted by Gasteiger charge is 2.24. The molecule has 0 aromatic carbocycles.